The summed E-state index contributed by atoms with van der Waals surface area (Å²) >= 11 is 0. The Hall–Kier alpha value is -1.85. The van der Waals surface area contributed by atoms with E-state index in [-0.39, 0.29) is 18.2 Å². The smallest absolute Gasteiger partial charge is 0.303 e. The minimum Gasteiger partial charge on any atom is -0.481 e. The van der Waals surface area contributed by atoms with Gasteiger partial charge in [0, 0.05) is 32.5 Å². The number of amides is 1. The van der Waals surface area contributed by atoms with Gasteiger partial charge in [0.05, 0.1) is 17.5 Å². The second kappa shape index (κ2) is 6.10. The molecule has 0 aromatic carbocycles. The van der Waals surface area contributed by atoms with Gasteiger partial charge in [0.1, 0.15) is 0 Å². The Kier molecular flexibility index (Phi) is 4.18. The summed E-state index contributed by atoms with van der Waals surface area (Å²) in [5, 5.41) is 13.2. The van der Waals surface area contributed by atoms with Crippen molar-refractivity contribution in [3.63, 3.8) is 0 Å². The molecule has 1 aromatic heterocycles. The molecular formula is C16H23N3O3. The predicted octanol–water partition coefficient (Wildman–Crippen LogP) is 2.01. The van der Waals surface area contributed by atoms with Crippen LogP contribution >= 0.6 is 0 Å². The lowest BCUT2D eigenvalue weighted by atomic mass is 9.97. The number of carbonyl (C=O) groups is 2. The molecule has 0 radical (unpaired) electrons. The van der Waals surface area contributed by atoms with Gasteiger partial charge in [0.25, 0.3) is 5.91 Å². The highest BCUT2D eigenvalue weighted by atomic mass is 16.4. The lowest BCUT2D eigenvalue weighted by Crippen LogP contribution is -2.32. The molecule has 1 saturated heterocycles. The van der Waals surface area contributed by atoms with Gasteiger partial charge in [0.2, 0.25) is 0 Å². The average molecular weight is 305 g/mol. The van der Waals surface area contributed by atoms with Crippen molar-refractivity contribution < 1.29 is 14.7 Å². The van der Waals surface area contributed by atoms with Crippen LogP contribution in [0.3, 0.4) is 0 Å². The highest BCUT2D eigenvalue weighted by Crippen LogP contribution is 2.41. The summed E-state index contributed by atoms with van der Waals surface area (Å²) in [4.78, 5) is 25.5. The van der Waals surface area contributed by atoms with Crippen LogP contribution in [0.15, 0.2) is 6.20 Å². The lowest BCUT2D eigenvalue weighted by Gasteiger charge is -2.20. The van der Waals surface area contributed by atoms with Gasteiger partial charge < -0.3 is 10.0 Å². The summed E-state index contributed by atoms with van der Waals surface area (Å²) in [6.07, 6.45) is 6.72. The summed E-state index contributed by atoms with van der Waals surface area (Å²) in [5.74, 6) is -0.00989. The maximum atomic E-state index is 12.8. The molecule has 3 rings (SSSR count). The second-order valence-corrected chi connectivity index (χ2v) is 6.53. The first-order valence-electron chi connectivity index (χ1n) is 8.09. The molecule has 1 aromatic rings. The first kappa shape index (κ1) is 15.1. The zero-order valence-corrected chi connectivity index (χ0v) is 13.0. The van der Waals surface area contributed by atoms with E-state index in [2.05, 4.69) is 5.10 Å². The van der Waals surface area contributed by atoms with Crippen molar-refractivity contribution in [1.82, 2.24) is 14.7 Å². The van der Waals surface area contributed by atoms with Crippen LogP contribution in [0.4, 0.5) is 0 Å². The molecule has 1 N–H and O–H groups in total. The van der Waals surface area contributed by atoms with E-state index < -0.39 is 5.97 Å². The number of aliphatic carboxylic acids is 1. The van der Waals surface area contributed by atoms with E-state index in [0.29, 0.717) is 19.0 Å². The van der Waals surface area contributed by atoms with E-state index in [1.165, 1.54) is 0 Å². The van der Waals surface area contributed by atoms with Crippen molar-refractivity contribution in [3.8, 4) is 0 Å². The van der Waals surface area contributed by atoms with Crippen LogP contribution in [-0.4, -0.2) is 44.8 Å². The second-order valence-electron chi connectivity index (χ2n) is 6.53. The number of carboxylic acid groups (broad SMARTS) is 1. The van der Waals surface area contributed by atoms with E-state index in [9.17, 15) is 9.59 Å². The molecule has 22 heavy (non-hydrogen) atoms. The number of aryl methyl sites for hydroxylation is 1. The third-order valence-corrected chi connectivity index (χ3v) is 4.78. The molecule has 1 amide bonds. The van der Waals surface area contributed by atoms with Crippen molar-refractivity contribution in [3.05, 3.63) is 17.5 Å². The van der Waals surface area contributed by atoms with E-state index in [0.717, 1.165) is 43.4 Å². The number of likely N-dealkylation sites (tertiary alicyclic amines) is 1. The summed E-state index contributed by atoms with van der Waals surface area (Å²) in [6, 6.07) is 0. The van der Waals surface area contributed by atoms with E-state index in [4.69, 9.17) is 5.11 Å². The number of hydrogen-bond donors (Lipinski definition) is 1. The van der Waals surface area contributed by atoms with Gasteiger partial charge in [-0.15, -0.1) is 0 Å². The summed E-state index contributed by atoms with van der Waals surface area (Å²) in [5.41, 5.74) is 1.80. The predicted molar refractivity (Wildman–Crippen MR) is 80.7 cm³/mol. The monoisotopic (exact) mass is 305 g/mol. The molecule has 0 spiro atoms. The largest absolute Gasteiger partial charge is 0.481 e. The van der Waals surface area contributed by atoms with Crippen LogP contribution in [0.25, 0.3) is 0 Å². The molecule has 1 atom stereocenters. The standard InChI is InChI=1S/C16H23N3O3/c1-18-15(12-4-5-12)13(10-17-18)16(22)19-7-2-3-11(6-8-19)9-14(20)21/h10-12H,2-9H2,1H3,(H,20,21)/t11-/m1/s1. The van der Waals surface area contributed by atoms with Crippen molar-refractivity contribution in [2.45, 2.75) is 44.4 Å². The third kappa shape index (κ3) is 3.15. The van der Waals surface area contributed by atoms with E-state index >= 15 is 0 Å². The van der Waals surface area contributed by atoms with Gasteiger partial charge in [-0.2, -0.15) is 5.10 Å². The highest BCUT2D eigenvalue weighted by molar-refractivity contribution is 5.95. The summed E-state index contributed by atoms with van der Waals surface area (Å²) in [6.45, 7) is 1.36. The molecule has 1 aliphatic carbocycles. The topological polar surface area (TPSA) is 75.4 Å². The average Bonchev–Trinajstić information content (AvgIpc) is 3.25. The number of nitrogens with zero attached hydrogens (tertiary/aromatic N) is 3. The highest BCUT2D eigenvalue weighted by Gasteiger charge is 2.33. The van der Waals surface area contributed by atoms with Crippen LogP contribution < -0.4 is 0 Å². The van der Waals surface area contributed by atoms with Gasteiger partial charge in [-0.25, -0.2) is 0 Å². The van der Waals surface area contributed by atoms with Gasteiger partial charge in [-0.3, -0.25) is 14.3 Å². The third-order valence-electron chi connectivity index (χ3n) is 4.78. The fourth-order valence-corrected chi connectivity index (χ4v) is 3.44. The molecule has 6 heteroatoms. The van der Waals surface area contributed by atoms with Crippen LogP contribution in [0.5, 0.6) is 0 Å². The SMILES string of the molecule is Cn1ncc(C(=O)N2CCC[C@@H](CC(=O)O)CC2)c1C1CC1. The molecule has 0 unspecified atom stereocenters. The van der Waals surface area contributed by atoms with Gasteiger partial charge >= 0.3 is 5.97 Å². The Morgan fingerprint density at radius 1 is 1.27 bits per heavy atom. The maximum absolute atomic E-state index is 12.8. The molecule has 2 heterocycles. The van der Waals surface area contributed by atoms with Crippen molar-refractivity contribution in [2.75, 3.05) is 13.1 Å². The zero-order chi connectivity index (χ0) is 15.7. The van der Waals surface area contributed by atoms with Crippen molar-refractivity contribution in [1.29, 1.82) is 0 Å². The van der Waals surface area contributed by atoms with Gasteiger partial charge in [-0.1, -0.05) is 0 Å². The van der Waals surface area contributed by atoms with Crippen LogP contribution in [0.1, 0.15) is 60.5 Å². The lowest BCUT2D eigenvalue weighted by molar-refractivity contribution is -0.138. The Bertz CT molecular complexity index is 577. The first-order chi connectivity index (χ1) is 10.6. The number of carboxylic acids is 1. The van der Waals surface area contributed by atoms with E-state index in [1.807, 2.05) is 16.6 Å². The molecule has 1 aliphatic heterocycles. The number of carbonyl (C=O) groups excluding carboxylic acids is 1. The van der Waals surface area contributed by atoms with Gasteiger partial charge in [0.15, 0.2) is 0 Å². The molecule has 1 saturated carbocycles. The Balaban J connectivity index is 1.69. The van der Waals surface area contributed by atoms with Crippen LogP contribution in [-0.2, 0) is 11.8 Å². The molecule has 2 aliphatic rings. The molecule has 120 valence electrons. The van der Waals surface area contributed by atoms with Gasteiger partial charge in [-0.05, 0) is 38.0 Å². The molecule has 0 bridgehead atoms. The summed E-state index contributed by atoms with van der Waals surface area (Å²) in [7, 11) is 1.90. The number of rotatable bonds is 4. The van der Waals surface area contributed by atoms with E-state index in [1.54, 1.807) is 6.20 Å². The normalized spacial score (nSPS) is 22.4. The summed E-state index contributed by atoms with van der Waals surface area (Å²) < 4.78 is 1.83. The molecule has 2 fully saturated rings. The zero-order valence-electron chi connectivity index (χ0n) is 13.0. The molecule has 6 nitrogen and oxygen atoms in total. The van der Waals surface area contributed by atoms with Crippen LogP contribution in [0.2, 0.25) is 0 Å². The molecular weight excluding hydrogens is 282 g/mol. The minimum atomic E-state index is -0.743. The Morgan fingerprint density at radius 3 is 2.73 bits per heavy atom. The van der Waals surface area contributed by atoms with Crippen molar-refractivity contribution >= 4 is 11.9 Å². The first-order valence-corrected chi connectivity index (χ1v) is 8.09. The fourth-order valence-electron chi connectivity index (χ4n) is 3.44. The maximum Gasteiger partial charge on any atom is 0.303 e. The fraction of sp³-hybridized carbons (Fsp3) is 0.688. The van der Waals surface area contributed by atoms with Crippen LogP contribution in [0, 0.1) is 5.92 Å². The Morgan fingerprint density at radius 2 is 2.05 bits per heavy atom. The minimum absolute atomic E-state index is 0.0611. The van der Waals surface area contributed by atoms with Crippen molar-refractivity contribution in [2.24, 2.45) is 13.0 Å². The Labute approximate surface area is 130 Å². The quantitative estimate of drug-likeness (QED) is 0.923. The number of aromatic nitrogens is 2. The number of hydrogen-bond acceptors (Lipinski definition) is 3.